The fraction of sp³-hybridized carbons (Fsp3) is 0.500. The molecule has 1 nitrogen and oxygen atoms in total. The number of hydrogen-bond acceptors (Lipinski definition) is 1. The van der Waals surface area contributed by atoms with Gasteiger partial charge in [0.05, 0.1) is 0 Å². The second-order valence-corrected chi connectivity index (χ2v) is 3.23. The minimum atomic E-state index is -2.41. The van der Waals surface area contributed by atoms with Gasteiger partial charge in [-0.05, 0) is 24.6 Å². The van der Waals surface area contributed by atoms with Gasteiger partial charge in [0.1, 0.15) is 12.4 Å². The molecule has 0 N–H and O–H groups in total. The zero-order valence-electron chi connectivity index (χ0n) is 9.47. The van der Waals surface area contributed by atoms with E-state index in [1.807, 2.05) is 13.0 Å². The summed E-state index contributed by atoms with van der Waals surface area (Å²) in [6.07, 6.45) is -1.16. The van der Waals surface area contributed by atoms with Crippen LogP contribution < -0.4 is 4.74 Å². The summed E-state index contributed by atoms with van der Waals surface area (Å²) in [5.74, 6) is 0.496. The number of ether oxygens (including phenoxy) is 1. The average molecular weight is 216 g/mol. The summed E-state index contributed by atoms with van der Waals surface area (Å²) in [6, 6.07) is 7.04. The van der Waals surface area contributed by atoms with Gasteiger partial charge in [-0.15, -0.1) is 0 Å². The molecule has 15 heavy (non-hydrogen) atoms. The van der Waals surface area contributed by atoms with Crippen LogP contribution in [0, 0.1) is 6.92 Å². The van der Waals surface area contributed by atoms with Crippen molar-refractivity contribution in [2.75, 3.05) is 6.61 Å². The summed E-state index contributed by atoms with van der Waals surface area (Å²) in [6.45, 7) is 5.60. The second kappa shape index (κ2) is 8.21. The van der Waals surface area contributed by atoms with Crippen molar-refractivity contribution in [1.29, 1.82) is 0 Å². The molecule has 0 fully saturated rings. The van der Waals surface area contributed by atoms with E-state index in [9.17, 15) is 8.78 Å². The number of rotatable bonds is 3. The monoisotopic (exact) mass is 216 g/mol. The van der Waals surface area contributed by atoms with Crippen molar-refractivity contribution in [2.24, 2.45) is 0 Å². The van der Waals surface area contributed by atoms with E-state index in [1.165, 1.54) is 6.42 Å². The van der Waals surface area contributed by atoms with Crippen LogP contribution in [-0.4, -0.2) is 13.0 Å². The van der Waals surface area contributed by atoms with Gasteiger partial charge in [-0.3, -0.25) is 0 Å². The number of halogens is 2. The minimum absolute atomic E-state index is 0.496. The first-order valence-corrected chi connectivity index (χ1v) is 5.07. The maximum atomic E-state index is 11.7. The van der Waals surface area contributed by atoms with Gasteiger partial charge in [0.15, 0.2) is 0 Å². The quantitative estimate of drug-likeness (QED) is 0.740. The summed E-state index contributed by atoms with van der Waals surface area (Å²) >= 11 is 0. The Hall–Kier alpha value is -1.12. The Balaban J connectivity index is 0.000000583. The van der Waals surface area contributed by atoms with Crippen LogP contribution in [0.4, 0.5) is 8.78 Å². The zero-order chi connectivity index (χ0) is 11.7. The Labute approximate surface area is 90.1 Å². The molecule has 3 heteroatoms. The lowest BCUT2D eigenvalue weighted by molar-refractivity contribution is 0.0819. The van der Waals surface area contributed by atoms with Crippen LogP contribution in [0.25, 0.3) is 0 Å². The molecule has 0 aliphatic rings. The molecule has 1 aromatic rings. The molecular weight excluding hydrogens is 198 g/mol. The van der Waals surface area contributed by atoms with Gasteiger partial charge in [-0.25, -0.2) is 8.78 Å². The largest absolute Gasteiger partial charge is 0.488 e. The van der Waals surface area contributed by atoms with Gasteiger partial charge < -0.3 is 4.74 Å². The molecule has 1 aromatic carbocycles. The molecule has 0 saturated heterocycles. The van der Waals surface area contributed by atoms with Crippen LogP contribution in [-0.2, 0) is 0 Å². The van der Waals surface area contributed by atoms with Crippen LogP contribution >= 0.6 is 0 Å². The first kappa shape index (κ1) is 13.9. The van der Waals surface area contributed by atoms with E-state index in [0.29, 0.717) is 5.75 Å². The molecule has 0 saturated carbocycles. The molecule has 86 valence electrons. The number of aryl methyl sites for hydroxylation is 1. The van der Waals surface area contributed by atoms with Gasteiger partial charge in [0.25, 0.3) is 6.43 Å². The van der Waals surface area contributed by atoms with Crippen LogP contribution in [0.2, 0.25) is 0 Å². The third-order valence-corrected chi connectivity index (χ3v) is 1.37. The highest BCUT2D eigenvalue weighted by Crippen LogP contribution is 2.12. The average Bonchev–Trinajstić information content (AvgIpc) is 2.16. The van der Waals surface area contributed by atoms with Crippen molar-refractivity contribution in [1.82, 2.24) is 0 Å². The number of hydrogen-bond donors (Lipinski definition) is 0. The molecule has 0 bridgehead atoms. The molecule has 0 aliphatic carbocycles. The molecule has 0 heterocycles. The molecule has 0 spiro atoms. The summed E-state index contributed by atoms with van der Waals surface area (Å²) in [7, 11) is 0. The number of alkyl halides is 2. The van der Waals surface area contributed by atoms with Gasteiger partial charge in [-0.2, -0.15) is 0 Å². The molecule has 0 aliphatic heterocycles. The predicted molar refractivity (Wildman–Crippen MR) is 58.6 cm³/mol. The minimum Gasteiger partial charge on any atom is -0.488 e. The Kier molecular flexibility index (Phi) is 7.60. The van der Waals surface area contributed by atoms with E-state index in [2.05, 4.69) is 13.8 Å². The lowest BCUT2D eigenvalue weighted by atomic mass is 10.2. The Morgan fingerprint density at radius 2 is 1.87 bits per heavy atom. The standard InChI is InChI=1S/C9H10F2O.C3H8/c1-7-3-2-4-8(5-7)12-6-9(10)11;1-3-2/h2-5,9H,6H2,1H3;3H2,1-2H3. The van der Waals surface area contributed by atoms with Crippen LogP contribution in [0.3, 0.4) is 0 Å². The molecule has 0 radical (unpaired) electrons. The van der Waals surface area contributed by atoms with Crippen LogP contribution in [0.5, 0.6) is 5.75 Å². The van der Waals surface area contributed by atoms with Gasteiger partial charge >= 0.3 is 0 Å². The normalized spacial score (nSPS) is 9.47. The van der Waals surface area contributed by atoms with Crippen LogP contribution in [0.15, 0.2) is 24.3 Å². The van der Waals surface area contributed by atoms with E-state index in [1.54, 1.807) is 18.2 Å². The SMILES string of the molecule is CCC.Cc1cccc(OCC(F)F)c1. The van der Waals surface area contributed by atoms with Crippen molar-refractivity contribution in [3.05, 3.63) is 29.8 Å². The molecule has 0 amide bonds. The maximum Gasteiger partial charge on any atom is 0.272 e. The van der Waals surface area contributed by atoms with Crippen LogP contribution in [0.1, 0.15) is 25.8 Å². The first-order valence-electron chi connectivity index (χ1n) is 5.07. The first-order chi connectivity index (χ1) is 7.10. The van der Waals surface area contributed by atoms with Crippen molar-refractivity contribution in [3.8, 4) is 5.75 Å². The van der Waals surface area contributed by atoms with E-state index in [4.69, 9.17) is 4.74 Å². The highest BCUT2D eigenvalue weighted by Gasteiger charge is 2.02. The van der Waals surface area contributed by atoms with Gasteiger partial charge in [-0.1, -0.05) is 32.4 Å². The van der Waals surface area contributed by atoms with Crippen molar-refractivity contribution < 1.29 is 13.5 Å². The third kappa shape index (κ3) is 7.91. The zero-order valence-corrected chi connectivity index (χ0v) is 9.47. The van der Waals surface area contributed by atoms with E-state index >= 15 is 0 Å². The summed E-state index contributed by atoms with van der Waals surface area (Å²) in [5.41, 5.74) is 1.00. The van der Waals surface area contributed by atoms with Crippen molar-refractivity contribution >= 4 is 0 Å². The van der Waals surface area contributed by atoms with Gasteiger partial charge in [0.2, 0.25) is 0 Å². The summed E-state index contributed by atoms with van der Waals surface area (Å²) in [4.78, 5) is 0. The molecular formula is C12H18F2O. The highest BCUT2D eigenvalue weighted by molar-refractivity contribution is 5.27. The van der Waals surface area contributed by atoms with E-state index in [0.717, 1.165) is 5.56 Å². The fourth-order valence-electron chi connectivity index (χ4n) is 0.864. The predicted octanol–water partition coefficient (Wildman–Crippen LogP) is 4.06. The molecule has 0 atom stereocenters. The smallest absolute Gasteiger partial charge is 0.272 e. The topological polar surface area (TPSA) is 9.23 Å². The van der Waals surface area contributed by atoms with E-state index in [-0.39, 0.29) is 0 Å². The van der Waals surface area contributed by atoms with E-state index < -0.39 is 13.0 Å². The van der Waals surface area contributed by atoms with Crippen molar-refractivity contribution in [3.63, 3.8) is 0 Å². The Morgan fingerprint density at radius 1 is 1.27 bits per heavy atom. The second-order valence-electron chi connectivity index (χ2n) is 3.23. The Bertz CT molecular complexity index is 262. The summed E-state index contributed by atoms with van der Waals surface area (Å²) in [5, 5.41) is 0. The highest BCUT2D eigenvalue weighted by atomic mass is 19.3. The molecule has 0 unspecified atom stereocenters. The Morgan fingerprint density at radius 3 is 2.33 bits per heavy atom. The summed E-state index contributed by atoms with van der Waals surface area (Å²) < 4.78 is 28.2. The third-order valence-electron chi connectivity index (χ3n) is 1.37. The number of benzene rings is 1. The molecule has 0 aromatic heterocycles. The maximum absolute atomic E-state index is 11.7. The lowest BCUT2D eigenvalue weighted by Crippen LogP contribution is -2.06. The lowest BCUT2D eigenvalue weighted by Gasteiger charge is -2.04. The van der Waals surface area contributed by atoms with Crippen molar-refractivity contribution in [2.45, 2.75) is 33.6 Å². The fourth-order valence-corrected chi connectivity index (χ4v) is 0.864. The molecule has 1 rings (SSSR count). The van der Waals surface area contributed by atoms with Gasteiger partial charge in [0, 0.05) is 0 Å².